The van der Waals surface area contributed by atoms with Crippen LogP contribution in [0.5, 0.6) is 11.5 Å². The van der Waals surface area contributed by atoms with E-state index in [1.165, 1.54) is 17.4 Å². The van der Waals surface area contributed by atoms with Crippen LogP contribution in [0.25, 0.3) is 27.8 Å². The summed E-state index contributed by atoms with van der Waals surface area (Å²) in [6.07, 6.45) is 1.46. The number of aromatic nitrogens is 1. The van der Waals surface area contributed by atoms with Gasteiger partial charge in [0.2, 0.25) is 0 Å². The normalized spacial score (nSPS) is 10.9. The average molecular weight is 420 g/mol. The van der Waals surface area contributed by atoms with Crippen molar-refractivity contribution in [2.24, 2.45) is 0 Å². The first-order chi connectivity index (χ1) is 14.6. The van der Waals surface area contributed by atoms with E-state index < -0.39 is 5.97 Å². The largest absolute Gasteiger partial charge is 0.497 e. The van der Waals surface area contributed by atoms with Crippen molar-refractivity contribution in [1.29, 1.82) is 5.26 Å². The second-order valence-electron chi connectivity index (χ2n) is 6.08. The molecule has 7 heteroatoms. The van der Waals surface area contributed by atoms with Crippen molar-refractivity contribution in [1.82, 2.24) is 4.98 Å². The van der Waals surface area contributed by atoms with Crippen LogP contribution in [0.3, 0.4) is 0 Å². The molecule has 0 aliphatic carbocycles. The van der Waals surface area contributed by atoms with Crippen LogP contribution in [-0.4, -0.2) is 31.8 Å². The number of ether oxygens (including phenoxy) is 3. The number of nitrogens with zero attached hydrogens (tertiary/aromatic N) is 2. The monoisotopic (exact) mass is 420 g/mol. The Morgan fingerprint density at radius 1 is 1.03 bits per heavy atom. The van der Waals surface area contributed by atoms with Gasteiger partial charge >= 0.3 is 5.97 Å². The number of thiazole rings is 1. The van der Waals surface area contributed by atoms with E-state index in [0.29, 0.717) is 5.01 Å². The summed E-state index contributed by atoms with van der Waals surface area (Å²) in [6, 6.07) is 17.1. The molecule has 0 atom stereocenters. The van der Waals surface area contributed by atoms with Crippen molar-refractivity contribution in [3.8, 4) is 39.3 Å². The third-order valence-corrected chi connectivity index (χ3v) is 5.29. The van der Waals surface area contributed by atoms with Crippen LogP contribution in [0.1, 0.15) is 11.9 Å². The fraction of sp³-hybridized carbons (Fsp3) is 0.174. The molecule has 0 amide bonds. The first-order valence-electron chi connectivity index (χ1n) is 9.18. The van der Waals surface area contributed by atoms with Gasteiger partial charge in [-0.3, -0.25) is 0 Å². The summed E-state index contributed by atoms with van der Waals surface area (Å²) >= 11 is 1.39. The van der Waals surface area contributed by atoms with Gasteiger partial charge in [0.05, 0.1) is 31.4 Å². The number of rotatable bonds is 7. The smallest absolute Gasteiger partial charge is 0.348 e. The van der Waals surface area contributed by atoms with Crippen LogP contribution in [0.2, 0.25) is 0 Å². The zero-order chi connectivity index (χ0) is 21.5. The van der Waals surface area contributed by atoms with Gasteiger partial charge in [0, 0.05) is 5.56 Å². The highest BCUT2D eigenvalue weighted by Crippen LogP contribution is 2.38. The summed E-state index contributed by atoms with van der Waals surface area (Å²) in [6.45, 7) is 1.89. The minimum atomic E-state index is -0.660. The van der Waals surface area contributed by atoms with E-state index in [-0.39, 0.29) is 12.2 Å². The van der Waals surface area contributed by atoms with Crippen LogP contribution in [0.4, 0.5) is 0 Å². The van der Waals surface area contributed by atoms with E-state index in [9.17, 15) is 10.1 Å². The van der Waals surface area contributed by atoms with Gasteiger partial charge in [0.15, 0.2) is 0 Å². The lowest BCUT2D eigenvalue weighted by Gasteiger charge is -2.05. The third-order valence-electron chi connectivity index (χ3n) is 4.24. The predicted octanol–water partition coefficient (Wildman–Crippen LogP) is 4.96. The zero-order valence-corrected chi connectivity index (χ0v) is 17.7. The van der Waals surface area contributed by atoms with E-state index in [1.807, 2.05) is 54.6 Å². The Kier molecular flexibility index (Phi) is 6.83. The molecule has 1 aromatic heterocycles. The molecule has 0 spiro atoms. The standard InChI is InChI=1S/C23H20N2O4S/c1-4-29-23(26)17(14-24)13-20-25-21(15-5-9-18(27-2)10-6-15)22(30-20)16-7-11-19(28-3)12-8-16/h5-13H,4H2,1-3H3. The van der Waals surface area contributed by atoms with Crippen LogP contribution in [0.15, 0.2) is 54.1 Å². The number of hydrogen-bond acceptors (Lipinski definition) is 7. The van der Waals surface area contributed by atoms with Crippen molar-refractivity contribution in [2.45, 2.75) is 6.92 Å². The molecule has 1 heterocycles. The lowest BCUT2D eigenvalue weighted by molar-refractivity contribution is -0.137. The minimum Gasteiger partial charge on any atom is -0.497 e. The molecule has 0 bridgehead atoms. The first kappa shape index (κ1) is 21.1. The van der Waals surface area contributed by atoms with E-state index in [4.69, 9.17) is 19.2 Å². The van der Waals surface area contributed by atoms with Crippen molar-refractivity contribution < 1.29 is 19.0 Å². The summed E-state index contributed by atoms with van der Waals surface area (Å²) in [5.41, 5.74) is 2.51. The minimum absolute atomic E-state index is 0.0897. The second-order valence-corrected chi connectivity index (χ2v) is 7.11. The molecule has 0 radical (unpaired) electrons. The predicted molar refractivity (Wildman–Crippen MR) is 116 cm³/mol. The molecule has 3 aromatic rings. The van der Waals surface area contributed by atoms with Crippen LogP contribution in [-0.2, 0) is 9.53 Å². The van der Waals surface area contributed by atoms with E-state index >= 15 is 0 Å². The highest BCUT2D eigenvalue weighted by atomic mass is 32.1. The number of benzene rings is 2. The van der Waals surface area contributed by atoms with Gasteiger partial charge in [-0.05, 0) is 67.1 Å². The number of esters is 1. The van der Waals surface area contributed by atoms with E-state index in [2.05, 4.69) is 0 Å². The number of nitriles is 1. The average Bonchev–Trinajstić information content (AvgIpc) is 3.21. The Hall–Kier alpha value is -3.63. The van der Waals surface area contributed by atoms with Gasteiger partial charge in [-0.1, -0.05) is 0 Å². The number of methoxy groups -OCH3 is 2. The third kappa shape index (κ3) is 4.67. The molecule has 0 saturated heterocycles. The Labute approximate surface area is 179 Å². The molecule has 0 unspecified atom stereocenters. The molecular formula is C23H20N2O4S. The summed E-state index contributed by atoms with van der Waals surface area (Å²) < 4.78 is 15.4. The Morgan fingerprint density at radius 3 is 2.10 bits per heavy atom. The molecule has 0 aliphatic heterocycles. The van der Waals surface area contributed by atoms with Crippen LogP contribution in [0, 0.1) is 11.3 Å². The van der Waals surface area contributed by atoms with Gasteiger partial charge in [-0.25, -0.2) is 9.78 Å². The van der Waals surface area contributed by atoms with Crippen molar-refractivity contribution >= 4 is 23.4 Å². The molecular weight excluding hydrogens is 400 g/mol. The summed E-state index contributed by atoms with van der Waals surface area (Å²) in [5, 5.41) is 9.88. The fourth-order valence-electron chi connectivity index (χ4n) is 2.75. The summed E-state index contributed by atoms with van der Waals surface area (Å²) in [5.74, 6) is 0.838. The maximum absolute atomic E-state index is 12.0. The lowest BCUT2D eigenvalue weighted by Crippen LogP contribution is -2.05. The van der Waals surface area contributed by atoms with Gasteiger partial charge in [0.25, 0.3) is 0 Å². The van der Waals surface area contributed by atoms with Crippen molar-refractivity contribution in [3.63, 3.8) is 0 Å². The maximum Gasteiger partial charge on any atom is 0.348 e. The molecule has 0 aliphatic rings. The molecule has 3 rings (SSSR count). The highest BCUT2D eigenvalue weighted by molar-refractivity contribution is 7.16. The second kappa shape index (κ2) is 9.72. The summed E-state index contributed by atoms with van der Waals surface area (Å²) in [4.78, 5) is 17.6. The molecule has 152 valence electrons. The molecule has 0 saturated carbocycles. The summed E-state index contributed by atoms with van der Waals surface area (Å²) in [7, 11) is 3.23. The molecule has 6 nitrogen and oxygen atoms in total. The number of carbonyl (C=O) groups is 1. The van der Waals surface area contributed by atoms with Crippen molar-refractivity contribution in [2.75, 3.05) is 20.8 Å². The Bertz CT molecular complexity index is 1030. The van der Waals surface area contributed by atoms with E-state index in [0.717, 1.165) is 33.2 Å². The molecule has 0 N–H and O–H groups in total. The van der Waals surface area contributed by atoms with Gasteiger partial charge < -0.3 is 14.2 Å². The molecule has 0 fully saturated rings. The topological polar surface area (TPSA) is 81.4 Å². The first-order valence-corrected chi connectivity index (χ1v) is 9.99. The Balaban J connectivity index is 2.10. The number of carbonyl (C=O) groups excluding carboxylic acids is 1. The molecule has 2 aromatic carbocycles. The van der Waals surface area contributed by atoms with Crippen LogP contribution >= 0.6 is 11.3 Å². The fourth-order valence-corrected chi connectivity index (χ4v) is 3.79. The van der Waals surface area contributed by atoms with Gasteiger partial charge in [-0.2, -0.15) is 5.26 Å². The number of hydrogen-bond donors (Lipinski definition) is 0. The molecule has 30 heavy (non-hydrogen) atoms. The Morgan fingerprint density at radius 2 is 1.60 bits per heavy atom. The van der Waals surface area contributed by atoms with Crippen LogP contribution < -0.4 is 9.47 Å². The van der Waals surface area contributed by atoms with Gasteiger partial charge in [0.1, 0.15) is 28.1 Å². The maximum atomic E-state index is 12.0. The quantitative estimate of drug-likeness (QED) is 0.305. The van der Waals surface area contributed by atoms with Gasteiger partial charge in [-0.15, -0.1) is 11.3 Å². The lowest BCUT2D eigenvalue weighted by atomic mass is 10.1. The van der Waals surface area contributed by atoms with E-state index in [1.54, 1.807) is 21.1 Å². The SMILES string of the molecule is CCOC(=O)C(C#N)=Cc1nc(-c2ccc(OC)cc2)c(-c2ccc(OC)cc2)s1. The van der Waals surface area contributed by atoms with Crippen molar-refractivity contribution in [3.05, 3.63) is 59.1 Å². The zero-order valence-electron chi connectivity index (χ0n) is 16.8. The highest BCUT2D eigenvalue weighted by Gasteiger charge is 2.17.